The molecular weight excluding hydrogens is 268 g/mol. The maximum atomic E-state index is 8.99. The second-order valence-corrected chi connectivity index (χ2v) is 5.34. The highest BCUT2D eigenvalue weighted by molar-refractivity contribution is 7.10. The standard InChI is InChI=1S/C15H12N4S/c16-8-11-5-6-20-14(11)9-18-13-7-10-3-1-2-4-12(10)19-15(13)17/h1-7,18H,9H2,(H2,17,19). The van der Waals surface area contributed by atoms with E-state index in [0.29, 0.717) is 17.9 Å². The van der Waals surface area contributed by atoms with E-state index in [4.69, 9.17) is 11.0 Å². The normalized spacial score (nSPS) is 10.3. The van der Waals surface area contributed by atoms with Gasteiger partial charge in [0.2, 0.25) is 0 Å². The molecule has 0 aliphatic heterocycles. The molecule has 0 atom stereocenters. The van der Waals surface area contributed by atoms with Crippen molar-refractivity contribution in [1.82, 2.24) is 4.98 Å². The molecule has 3 N–H and O–H groups in total. The fourth-order valence-electron chi connectivity index (χ4n) is 2.03. The van der Waals surface area contributed by atoms with Gasteiger partial charge in [-0.3, -0.25) is 0 Å². The number of hydrogen-bond donors (Lipinski definition) is 2. The number of rotatable bonds is 3. The number of anilines is 2. The molecule has 0 bridgehead atoms. The van der Waals surface area contributed by atoms with E-state index >= 15 is 0 Å². The summed E-state index contributed by atoms with van der Waals surface area (Å²) in [6.45, 7) is 0.574. The number of hydrogen-bond acceptors (Lipinski definition) is 5. The van der Waals surface area contributed by atoms with Crippen molar-refractivity contribution in [3.05, 3.63) is 52.2 Å². The molecule has 0 fully saturated rings. The van der Waals surface area contributed by atoms with Crippen LogP contribution in [0.15, 0.2) is 41.8 Å². The van der Waals surface area contributed by atoms with E-state index in [1.165, 1.54) is 0 Å². The highest BCUT2D eigenvalue weighted by atomic mass is 32.1. The van der Waals surface area contributed by atoms with Crippen molar-refractivity contribution in [1.29, 1.82) is 5.26 Å². The number of nitrogen functional groups attached to an aromatic ring is 1. The first-order chi connectivity index (χ1) is 9.78. The van der Waals surface area contributed by atoms with Gasteiger partial charge in [-0.2, -0.15) is 5.26 Å². The molecule has 2 heterocycles. The van der Waals surface area contributed by atoms with E-state index in [0.717, 1.165) is 21.5 Å². The quantitative estimate of drug-likeness (QED) is 0.771. The van der Waals surface area contributed by atoms with Gasteiger partial charge in [0.15, 0.2) is 0 Å². The predicted molar refractivity (Wildman–Crippen MR) is 82.5 cm³/mol. The van der Waals surface area contributed by atoms with Gasteiger partial charge in [-0.25, -0.2) is 4.98 Å². The number of fused-ring (bicyclic) bond motifs is 1. The number of benzene rings is 1. The largest absolute Gasteiger partial charge is 0.382 e. The molecule has 20 heavy (non-hydrogen) atoms. The van der Waals surface area contributed by atoms with Crippen LogP contribution < -0.4 is 11.1 Å². The SMILES string of the molecule is N#Cc1ccsc1CNc1cc2ccccc2nc1N. The Morgan fingerprint density at radius 2 is 2.15 bits per heavy atom. The summed E-state index contributed by atoms with van der Waals surface area (Å²) in [5.41, 5.74) is 8.34. The van der Waals surface area contributed by atoms with Gasteiger partial charge in [0.05, 0.1) is 23.3 Å². The highest BCUT2D eigenvalue weighted by Gasteiger charge is 2.06. The number of pyridine rings is 1. The van der Waals surface area contributed by atoms with Crippen LogP contribution in [0.1, 0.15) is 10.4 Å². The van der Waals surface area contributed by atoms with Crippen molar-refractivity contribution in [3.8, 4) is 6.07 Å². The van der Waals surface area contributed by atoms with E-state index in [1.807, 2.05) is 41.8 Å². The van der Waals surface area contributed by atoms with Crippen molar-refractivity contribution in [2.24, 2.45) is 0 Å². The minimum Gasteiger partial charge on any atom is -0.382 e. The maximum absolute atomic E-state index is 8.99. The lowest BCUT2D eigenvalue weighted by Crippen LogP contribution is -2.04. The van der Waals surface area contributed by atoms with Gasteiger partial charge < -0.3 is 11.1 Å². The second-order valence-electron chi connectivity index (χ2n) is 4.34. The molecule has 3 aromatic rings. The average molecular weight is 280 g/mol. The Labute approximate surface area is 120 Å². The van der Waals surface area contributed by atoms with Crippen LogP contribution in [0.25, 0.3) is 10.9 Å². The Balaban J connectivity index is 1.88. The smallest absolute Gasteiger partial charge is 0.147 e. The molecule has 0 aliphatic rings. The molecule has 0 spiro atoms. The summed E-state index contributed by atoms with van der Waals surface area (Å²) in [5.74, 6) is 0.471. The first-order valence-electron chi connectivity index (χ1n) is 6.13. The Hall–Kier alpha value is -2.58. The molecule has 3 rings (SSSR count). The van der Waals surface area contributed by atoms with Gasteiger partial charge in [0, 0.05) is 10.3 Å². The zero-order valence-electron chi connectivity index (χ0n) is 10.6. The van der Waals surface area contributed by atoms with Crippen molar-refractivity contribution in [2.75, 3.05) is 11.1 Å². The first-order valence-corrected chi connectivity index (χ1v) is 7.01. The Kier molecular flexibility index (Phi) is 3.23. The molecule has 5 heteroatoms. The monoisotopic (exact) mass is 280 g/mol. The van der Waals surface area contributed by atoms with Crippen molar-refractivity contribution >= 4 is 33.7 Å². The average Bonchev–Trinajstić information content (AvgIpc) is 2.92. The highest BCUT2D eigenvalue weighted by Crippen LogP contribution is 2.24. The lowest BCUT2D eigenvalue weighted by molar-refractivity contribution is 1.18. The van der Waals surface area contributed by atoms with E-state index in [2.05, 4.69) is 16.4 Å². The van der Waals surface area contributed by atoms with Crippen molar-refractivity contribution in [3.63, 3.8) is 0 Å². The fourth-order valence-corrected chi connectivity index (χ4v) is 2.79. The number of thiophene rings is 1. The zero-order valence-corrected chi connectivity index (χ0v) is 11.4. The summed E-state index contributed by atoms with van der Waals surface area (Å²) in [6, 6.07) is 13.8. The third kappa shape index (κ3) is 2.29. The molecule has 0 unspecified atom stereocenters. The summed E-state index contributed by atoms with van der Waals surface area (Å²) in [6.07, 6.45) is 0. The van der Waals surface area contributed by atoms with Gasteiger partial charge >= 0.3 is 0 Å². The van der Waals surface area contributed by atoms with Crippen molar-refractivity contribution in [2.45, 2.75) is 6.54 Å². The molecular formula is C15H12N4S. The van der Waals surface area contributed by atoms with Gasteiger partial charge in [0.25, 0.3) is 0 Å². The fraction of sp³-hybridized carbons (Fsp3) is 0.0667. The van der Waals surface area contributed by atoms with Crippen LogP contribution in [0, 0.1) is 11.3 Å². The molecule has 0 amide bonds. The second kappa shape index (κ2) is 5.19. The van der Waals surface area contributed by atoms with Gasteiger partial charge in [-0.15, -0.1) is 11.3 Å². The number of nitrogens with two attached hydrogens (primary N) is 1. The van der Waals surface area contributed by atoms with Crippen LogP contribution in [0.4, 0.5) is 11.5 Å². The Morgan fingerprint density at radius 3 is 3.00 bits per heavy atom. The lowest BCUT2D eigenvalue weighted by Gasteiger charge is -2.09. The summed E-state index contributed by atoms with van der Waals surface area (Å²) in [4.78, 5) is 5.37. The molecule has 98 valence electrons. The zero-order chi connectivity index (χ0) is 13.9. The minimum absolute atomic E-state index is 0.471. The maximum Gasteiger partial charge on any atom is 0.147 e. The van der Waals surface area contributed by atoms with Crippen LogP contribution in [-0.4, -0.2) is 4.98 Å². The van der Waals surface area contributed by atoms with E-state index in [-0.39, 0.29) is 0 Å². The molecule has 0 saturated heterocycles. The molecule has 0 aliphatic carbocycles. The van der Waals surface area contributed by atoms with Crippen LogP contribution in [-0.2, 0) is 6.54 Å². The van der Waals surface area contributed by atoms with Crippen LogP contribution >= 0.6 is 11.3 Å². The number of aromatic nitrogens is 1. The predicted octanol–water partition coefficient (Wildman–Crippen LogP) is 3.36. The summed E-state index contributed by atoms with van der Waals surface area (Å²) in [7, 11) is 0. The summed E-state index contributed by atoms with van der Waals surface area (Å²) in [5, 5.41) is 15.2. The lowest BCUT2D eigenvalue weighted by atomic mass is 10.2. The third-order valence-corrected chi connectivity index (χ3v) is 3.98. The molecule has 0 radical (unpaired) electrons. The number of nitrogens with one attached hydrogen (secondary N) is 1. The molecule has 2 aromatic heterocycles. The van der Waals surface area contributed by atoms with Gasteiger partial charge in [-0.1, -0.05) is 18.2 Å². The molecule has 1 aromatic carbocycles. The van der Waals surface area contributed by atoms with E-state index < -0.39 is 0 Å². The van der Waals surface area contributed by atoms with E-state index in [9.17, 15) is 0 Å². The van der Waals surface area contributed by atoms with Gasteiger partial charge in [-0.05, 0) is 23.6 Å². The Morgan fingerprint density at radius 1 is 1.30 bits per heavy atom. The summed E-state index contributed by atoms with van der Waals surface area (Å²) < 4.78 is 0. The molecule has 0 saturated carbocycles. The Bertz CT molecular complexity index is 801. The number of nitriles is 1. The van der Waals surface area contributed by atoms with Crippen LogP contribution in [0.5, 0.6) is 0 Å². The number of nitrogens with zero attached hydrogens (tertiary/aromatic N) is 2. The number of para-hydroxylation sites is 1. The van der Waals surface area contributed by atoms with Crippen LogP contribution in [0.2, 0.25) is 0 Å². The van der Waals surface area contributed by atoms with Crippen molar-refractivity contribution < 1.29 is 0 Å². The first kappa shape index (κ1) is 12.5. The topological polar surface area (TPSA) is 74.7 Å². The van der Waals surface area contributed by atoms with E-state index in [1.54, 1.807) is 11.3 Å². The van der Waals surface area contributed by atoms with Gasteiger partial charge in [0.1, 0.15) is 11.9 Å². The minimum atomic E-state index is 0.471. The summed E-state index contributed by atoms with van der Waals surface area (Å²) >= 11 is 1.56. The third-order valence-electron chi connectivity index (χ3n) is 3.06. The molecule has 4 nitrogen and oxygen atoms in total. The van der Waals surface area contributed by atoms with Crippen LogP contribution in [0.3, 0.4) is 0 Å².